The van der Waals surface area contributed by atoms with Crippen molar-refractivity contribution in [2.24, 2.45) is 0 Å². The quantitative estimate of drug-likeness (QED) is 0.652. The molecule has 3 N–H and O–H groups in total. The average molecular weight is 231 g/mol. The van der Waals surface area contributed by atoms with Gasteiger partial charge in [-0.25, -0.2) is 0 Å². The van der Waals surface area contributed by atoms with Crippen LogP contribution in [-0.2, 0) is 0 Å². The Hall–Kier alpha value is -1.35. The first kappa shape index (κ1) is 12.1. The lowest BCUT2D eigenvalue weighted by Gasteiger charge is -2.28. The minimum Gasteiger partial charge on any atom is -0.385 e. The number of hydrogen-bond donors (Lipinski definition) is 3. The fraction of sp³-hybridized carbons (Fsp3) is 0.500. The molecule has 0 unspecified atom stereocenters. The maximum absolute atomic E-state index is 8.04. The molecule has 1 saturated heterocycles. The molecular formula is C14H21N3. The van der Waals surface area contributed by atoms with E-state index < -0.39 is 0 Å². The Kier molecular flexibility index (Phi) is 3.48. The molecule has 0 amide bonds. The largest absolute Gasteiger partial charge is 0.385 e. The highest BCUT2D eigenvalue weighted by Gasteiger charge is 2.44. The second kappa shape index (κ2) is 4.88. The third-order valence-corrected chi connectivity index (χ3v) is 3.42. The molecule has 1 spiro atoms. The first-order chi connectivity index (χ1) is 8.21. The van der Waals surface area contributed by atoms with Crippen LogP contribution in [0, 0.1) is 5.41 Å². The van der Waals surface area contributed by atoms with Crippen molar-refractivity contribution >= 4 is 5.71 Å². The zero-order valence-corrected chi connectivity index (χ0v) is 10.6. The monoisotopic (exact) mass is 231 g/mol. The standard InChI is InChI=1S/C14H21N3/c1-3-5-11(12(15)6-4-2)13-9-17-14(7-8-14)10-16-13/h3-6,15-17H,7-10H2,1-2H3/b5-3+,6-4-,13-11-,15-12?. The van der Waals surface area contributed by atoms with Gasteiger partial charge in [-0.3, -0.25) is 0 Å². The van der Waals surface area contributed by atoms with Gasteiger partial charge in [0.15, 0.2) is 0 Å². The van der Waals surface area contributed by atoms with Gasteiger partial charge in [0.1, 0.15) is 0 Å². The van der Waals surface area contributed by atoms with Gasteiger partial charge in [0, 0.05) is 29.9 Å². The molecule has 1 heterocycles. The molecule has 2 aliphatic rings. The van der Waals surface area contributed by atoms with Gasteiger partial charge in [-0.1, -0.05) is 18.2 Å². The smallest absolute Gasteiger partial charge is 0.0626 e. The number of hydrogen-bond acceptors (Lipinski definition) is 3. The van der Waals surface area contributed by atoms with Crippen molar-refractivity contribution in [3.63, 3.8) is 0 Å². The van der Waals surface area contributed by atoms with Crippen molar-refractivity contribution in [1.82, 2.24) is 10.6 Å². The highest BCUT2D eigenvalue weighted by Crippen LogP contribution is 2.36. The van der Waals surface area contributed by atoms with Crippen LogP contribution in [0.4, 0.5) is 0 Å². The molecule has 0 bridgehead atoms. The normalized spacial score (nSPS) is 25.3. The minimum absolute atomic E-state index is 0.368. The lowest BCUT2D eigenvalue weighted by molar-refractivity contribution is 0.442. The topological polar surface area (TPSA) is 47.9 Å². The summed E-state index contributed by atoms with van der Waals surface area (Å²) in [5.74, 6) is 0. The van der Waals surface area contributed by atoms with Crippen molar-refractivity contribution in [3.05, 3.63) is 35.6 Å². The number of nitrogens with one attached hydrogen (secondary N) is 3. The zero-order valence-electron chi connectivity index (χ0n) is 10.6. The van der Waals surface area contributed by atoms with Crippen LogP contribution >= 0.6 is 0 Å². The summed E-state index contributed by atoms with van der Waals surface area (Å²) in [6, 6.07) is 0. The van der Waals surface area contributed by atoms with Crippen molar-refractivity contribution in [2.45, 2.75) is 32.2 Å². The van der Waals surface area contributed by atoms with Gasteiger partial charge in [-0.05, 0) is 32.8 Å². The highest BCUT2D eigenvalue weighted by molar-refractivity contribution is 6.08. The molecule has 1 saturated carbocycles. The van der Waals surface area contributed by atoms with E-state index in [0.29, 0.717) is 11.3 Å². The van der Waals surface area contributed by atoms with Crippen LogP contribution < -0.4 is 10.6 Å². The molecule has 3 heteroatoms. The average Bonchev–Trinajstić information content (AvgIpc) is 3.08. The van der Waals surface area contributed by atoms with E-state index >= 15 is 0 Å². The Morgan fingerprint density at radius 3 is 2.41 bits per heavy atom. The van der Waals surface area contributed by atoms with Crippen molar-refractivity contribution in [2.75, 3.05) is 13.1 Å². The molecule has 0 radical (unpaired) electrons. The molecule has 1 aliphatic carbocycles. The molecule has 17 heavy (non-hydrogen) atoms. The van der Waals surface area contributed by atoms with Crippen LogP contribution in [0.3, 0.4) is 0 Å². The maximum Gasteiger partial charge on any atom is 0.0626 e. The van der Waals surface area contributed by atoms with E-state index in [1.807, 2.05) is 38.2 Å². The lowest BCUT2D eigenvalue weighted by Crippen LogP contribution is -2.49. The Morgan fingerprint density at radius 1 is 1.24 bits per heavy atom. The van der Waals surface area contributed by atoms with Gasteiger partial charge in [-0.15, -0.1) is 0 Å². The fourth-order valence-electron chi connectivity index (χ4n) is 2.15. The van der Waals surface area contributed by atoms with E-state index in [0.717, 1.165) is 24.4 Å². The summed E-state index contributed by atoms with van der Waals surface area (Å²) < 4.78 is 0. The molecule has 3 nitrogen and oxygen atoms in total. The third-order valence-electron chi connectivity index (χ3n) is 3.42. The van der Waals surface area contributed by atoms with Crippen LogP contribution in [0.15, 0.2) is 35.6 Å². The maximum atomic E-state index is 8.04. The van der Waals surface area contributed by atoms with Gasteiger partial charge in [-0.2, -0.15) is 0 Å². The van der Waals surface area contributed by atoms with Gasteiger partial charge in [0.2, 0.25) is 0 Å². The van der Waals surface area contributed by atoms with Gasteiger partial charge < -0.3 is 16.0 Å². The molecule has 2 fully saturated rings. The minimum atomic E-state index is 0.368. The lowest BCUT2D eigenvalue weighted by atomic mass is 10.0. The first-order valence-corrected chi connectivity index (χ1v) is 6.27. The van der Waals surface area contributed by atoms with E-state index in [4.69, 9.17) is 5.41 Å². The summed E-state index contributed by atoms with van der Waals surface area (Å²) in [5.41, 5.74) is 3.08. The highest BCUT2D eigenvalue weighted by atomic mass is 15.1. The van der Waals surface area contributed by atoms with Gasteiger partial charge in [0.25, 0.3) is 0 Å². The summed E-state index contributed by atoms with van der Waals surface area (Å²) in [6.07, 6.45) is 10.3. The molecule has 2 rings (SSSR count). The van der Waals surface area contributed by atoms with E-state index in [-0.39, 0.29) is 0 Å². The number of allylic oxidation sites excluding steroid dienone is 5. The van der Waals surface area contributed by atoms with Gasteiger partial charge in [0.05, 0.1) is 5.71 Å². The summed E-state index contributed by atoms with van der Waals surface area (Å²) >= 11 is 0. The Labute approximate surface area is 103 Å². The summed E-state index contributed by atoms with van der Waals surface area (Å²) in [4.78, 5) is 0. The van der Waals surface area contributed by atoms with Crippen molar-refractivity contribution in [3.8, 4) is 0 Å². The third kappa shape index (κ3) is 2.67. The first-order valence-electron chi connectivity index (χ1n) is 6.27. The van der Waals surface area contributed by atoms with Crippen LogP contribution in [0.5, 0.6) is 0 Å². The van der Waals surface area contributed by atoms with E-state index in [2.05, 4.69) is 10.6 Å². The summed E-state index contributed by atoms with van der Waals surface area (Å²) in [7, 11) is 0. The Morgan fingerprint density at radius 2 is 1.94 bits per heavy atom. The fourth-order valence-corrected chi connectivity index (χ4v) is 2.15. The second-order valence-electron chi connectivity index (χ2n) is 4.79. The van der Waals surface area contributed by atoms with E-state index in [1.54, 1.807) is 0 Å². The molecule has 0 aromatic rings. The van der Waals surface area contributed by atoms with Crippen LogP contribution in [-0.4, -0.2) is 24.3 Å². The van der Waals surface area contributed by atoms with E-state index in [1.165, 1.54) is 12.8 Å². The predicted molar refractivity (Wildman–Crippen MR) is 72.4 cm³/mol. The van der Waals surface area contributed by atoms with Crippen LogP contribution in [0.1, 0.15) is 26.7 Å². The van der Waals surface area contributed by atoms with Crippen molar-refractivity contribution < 1.29 is 0 Å². The summed E-state index contributed by atoms with van der Waals surface area (Å²) in [5, 5.41) is 15.1. The Balaban J connectivity index is 2.16. The molecule has 0 aromatic carbocycles. The number of piperazine rings is 1. The second-order valence-corrected chi connectivity index (χ2v) is 4.79. The van der Waals surface area contributed by atoms with Crippen LogP contribution in [0.2, 0.25) is 0 Å². The van der Waals surface area contributed by atoms with Gasteiger partial charge >= 0.3 is 0 Å². The van der Waals surface area contributed by atoms with Crippen LogP contribution in [0.25, 0.3) is 0 Å². The number of rotatable bonds is 3. The Bertz CT molecular complexity index is 386. The summed E-state index contributed by atoms with van der Waals surface area (Å²) in [6.45, 7) is 5.77. The molecule has 0 aromatic heterocycles. The van der Waals surface area contributed by atoms with E-state index in [9.17, 15) is 0 Å². The molecule has 0 atom stereocenters. The zero-order chi connectivity index (χ0) is 12.3. The van der Waals surface area contributed by atoms with Crippen molar-refractivity contribution in [1.29, 1.82) is 5.41 Å². The predicted octanol–water partition coefficient (Wildman–Crippen LogP) is 2.14. The molecule has 92 valence electrons. The molecular weight excluding hydrogens is 210 g/mol. The SMILES string of the molecule is C/C=C\C(=N)C(/C=C/C)=C1/CNC2(CC2)CN1. The molecule has 1 aliphatic heterocycles.